The summed E-state index contributed by atoms with van der Waals surface area (Å²) < 4.78 is 21.6. The number of pyridine rings is 3. The molecule has 0 fully saturated rings. The molecule has 32 heavy (non-hydrogen) atoms. The number of rotatable bonds is 4. The molecule has 5 heterocycles. The number of fused-ring (bicyclic) bond motifs is 2. The van der Waals surface area contributed by atoms with E-state index < -0.39 is 18.0 Å². The quantitative estimate of drug-likeness (QED) is 0.652. The minimum Gasteiger partial charge on any atom is -0.495 e. The third kappa shape index (κ3) is 3.31. The van der Waals surface area contributed by atoms with Crippen molar-refractivity contribution in [3.63, 3.8) is 0 Å². The molecule has 0 saturated heterocycles. The van der Waals surface area contributed by atoms with Crippen LogP contribution in [-0.2, 0) is 0 Å². The minimum absolute atomic E-state index is 0.150. The first-order chi connectivity index (χ1) is 15.5. The molecule has 162 valence electrons. The van der Waals surface area contributed by atoms with Gasteiger partial charge >= 0.3 is 0 Å². The second kappa shape index (κ2) is 7.76. The van der Waals surface area contributed by atoms with E-state index in [0.717, 1.165) is 0 Å². The highest BCUT2D eigenvalue weighted by Gasteiger charge is 2.36. The van der Waals surface area contributed by atoms with Crippen LogP contribution in [0.5, 0.6) is 5.75 Å². The molecule has 8 nitrogen and oxygen atoms in total. The van der Waals surface area contributed by atoms with Crippen LogP contribution in [0.25, 0.3) is 16.5 Å². The minimum atomic E-state index is -0.500. The number of nitrogens with zero attached hydrogens (tertiary/aromatic N) is 5. The number of hydrazone groups is 1. The van der Waals surface area contributed by atoms with E-state index in [1.54, 1.807) is 52.3 Å². The van der Waals surface area contributed by atoms with Gasteiger partial charge in [-0.3, -0.25) is 20.2 Å². The number of hydrogen-bond acceptors (Lipinski definition) is 7. The highest BCUT2D eigenvalue weighted by Crippen LogP contribution is 2.30. The Morgan fingerprint density at radius 1 is 1.25 bits per heavy atom. The summed E-state index contributed by atoms with van der Waals surface area (Å²) in [6.45, 7) is 1.86. The maximum Gasteiger partial charge on any atom is 0.260 e. The molecule has 1 N–H and O–H groups in total. The monoisotopic (exact) mass is 452 g/mol. The van der Waals surface area contributed by atoms with Crippen LogP contribution in [0.2, 0.25) is 5.02 Å². The summed E-state index contributed by atoms with van der Waals surface area (Å²) in [5.41, 5.74) is 4.43. The Labute approximate surface area is 187 Å². The number of nitrogens with one attached hydrogen (secondary N) is 1. The van der Waals surface area contributed by atoms with Crippen molar-refractivity contribution in [1.82, 2.24) is 24.9 Å². The standard InChI is InChI=1S/C22H18ClFN6O2/c1-12(29-6-5-19-16(22(29)31)8-15(32-2)10-26-19)20-27-28-21-17(24)7-13(11-30(20)21)18-4-3-14(23)9-25-18/h3-12,20,27H,1-2H3/t12-,20?/m0/s1. The van der Waals surface area contributed by atoms with Crippen LogP contribution in [0.15, 0.2) is 70.9 Å². The van der Waals surface area contributed by atoms with E-state index >= 15 is 0 Å². The number of aromatic nitrogens is 3. The second-order valence-electron chi connectivity index (χ2n) is 7.43. The van der Waals surface area contributed by atoms with E-state index in [1.807, 2.05) is 6.92 Å². The molecular formula is C22H18ClFN6O2. The molecule has 5 rings (SSSR count). The van der Waals surface area contributed by atoms with Gasteiger partial charge in [-0.1, -0.05) is 11.6 Å². The number of methoxy groups -OCH3 is 1. The van der Waals surface area contributed by atoms with Gasteiger partial charge in [0.2, 0.25) is 0 Å². The fraction of sp³-hybridized carbons (Fsp3) is 0.182. The zero-order valence-corrected chi connectivity index (χ0v) is 17.9. The van der Waals surface area contributed by atoms with Crippen LogP contribution >= 0.6 is 11.6 Å². The molecule has 0 radical (unpaired) electrons. The number of amidine groups is 1. The molecule has 0 amide bonds. The van der Waals surface area contributed by atoms with Gasteiger partial charge in [-0.05, 0) is 37.3 Å². The zero-order chi connectivity index (χ0) is 22.4. The molecule has 0 bridgehead atoms. The fourth-order valence-corrected chi connectivity index (χ4v) is 3.93. The molecular weight excluding hydrogens is 435 g/mol. The lowest BCUT2D eigenvalue weighted by Gasteiger charge is -2.31. The Hall–Kier alpha value is -3.72. The van der Waals surface area contributed by atoms with Crippen LogP contribution in [-0.4, -0.2) is 38.5 Å². The highest BCUT2D eigenvalue weighted by atomic mass is 35.5. The molecule has 2 aliphatic rings. The molecule has 1 unspecified atom stereocenters. The Kier molecular flexibility index (Phi) is 4.90. The summed E-state index contributed by atoms with van der Waals surface area (Å²) in [6, 6.07) is 6.43. The van der Waals surface area contributed by atoms with E-state index in [1.165, 1.54) is 19.4 Å². The average Bonchev–Trinajstić information content (AvgIpc) is 3.24. The smallest absolute Gasteiger partial charge is 0.260 e. The number of hydrogen-bond donors (Lipinski definition) is 1. The molecule has 0 spiro atoms. The van der Waals surface area contributed by atoms with Crippen molar-refractivity contribution in [3.8, 4) is 5.75 Å². The Bertz CT molecular complexity index is 1370. The van der Waals surface area contributed by atoms with Gasteiger partial charge in [0.1, 0.15) is 11.9 Å². The van der Waals surface area contributed by atoms with Crippen LogP contribution in [0.3, 0.4) is 0 Å². The lowest BCUT2D eigenvalue weighted by molar-refractivity contribution is 0.270. The highest BCUT2D eigenvalue weighted by molar-refractivity contribution is 6.30. The summed E-state index contributed by atoms with van der Waals surface area (Å²) in [7, 11) is 1.52. The van der Waals surface area contributed by atoms with Crippen molar-refractivity contribution in [3.05, 3.63) is 82.0 Å². The largest absolute Gasteiger partial charge is 0.495 e. The van der Waals surface area contributed by atoms with E-state index in [0.29, 0.717) is 32.9 Å². The maximum absolute atomic E-state index is 14.8. The normalized spacial score (nSPS) is 18.4. The first-order valence-corrected chi connectivity index (χ1v) is 10.2. The SMILES string of the molecule is COc1cnc2ccn([C@@H](C)C3NN=C4C(F)=CC(c5ccc(Cl)cn5)=CN43)c(=O)c2c1. The molecule has 0 aliphatic carbocycles. The van der Waals surface area contributed by atoms with Crippen LogP contribution < -0.4 is 15.7 Å². The predicted octanol–water partition coefficient (Wildman–Crippen LogP) is 3.47. The van der Waals surface area contributed by atoms with Crippen molar-refractivity contribution >= 4 is 33.9 Å². The van der Waals surface area contributed by atoms with Gasteiger partial charge in [-0.2, -0.15) is 5.10 Å². The lowest BCUT2D eigenvalue weighted by atomic mass is 10.1. The van der Waals surface area contributed by atoms with E-state index in [4.69, 9.17) is 16.3 Å². The van der Waals surface area contributed by atoms with Gasteiger partial charge < -0.3 is 14.2 Å². The molecule has 10 heteroatoms. The zero-order valence-electron chi connectivity index (χ0n) is 17.2. The second-order valence-corrected chi connectivity index (χ2v) is 7.87. The van der Waals surface area contributed by atoms with Gasteiger partial charge in [0, 0.05) is 24.2 Å². The molecule has 2 aliphatic heterocycles. The lowest BCUT2D eigenvalue weighted by Crippen LogP contribution is -2.45. The number of allylic oxidation sites excluding steroid dienone is 2. The fourth-order valence-electron chi connectivity index (χ4n) is 3.81. The van der Waals surface area contributed by atoms with Crippen LogP contribution in [0.4, 0.5) is 4.39 Å². The van der Waals surface area contributed by atoms with Crippen molar-refractivity contribution in [2.24, 2.45) is 5.10 Å². The van der Waals surface area contributed by atoms with Crippen LogP contribution in [0.1, 0.15) is 18.7 Å². The molecule has 3 aromatic rings. The molecule has 0 aromatic carbocycles. The summed E-state index contributed by atoms with van der Waals surface area (Å²) in [5.74, 6) is 0.147. The average molecular weight is 453 g/mol. The summed E-state index contributed by atoms with van der Waals surface area (Å²) >= 11 is 5.92. The summed E-state index contributed by atoms with van der Waals surface area (Å²) in [6.07, 6.45) is 7.38. The van der Waals surface area contributed by atoms with Gasteiger partial charge in [0.05, 0.1) is 41.0 Å². The Morgan fingerprint density at radius 2 is 2.09 bits per heavy atom. The Morgan fingerprint density at radius 3 is 2.84 bits per heavy atom. The third-order valence-electron chi connectivity index (χ3n) is 5.53. The molecule has 0 saturated carbocycles. The van der Waals surface area contributed by atoms with Gasteiger partial charge in [0.15, 0.2) is 11.7 Å². The first-order valence-electron chi connectivity index (χ1n) is 9.84. The Balaban J connectivity index is 1.52. The maximum atomic E-state index is 14.8. The number of ether oxygens (including phenoxy) is 1. The molecule has 2 atom stereocenters. The van der Waals surface area contributed by atoms with E-state index in [9.17, 15) is 9.18 Å². The van der Waals surface area contributed by atoms with Crippen molar-refractivity contribution in [2.75, 3.05) is 7.11 Å². The van der Waals surface area contributed by atoms with Crippen LogP contribution in [0, 0.1) is 0 Å². The third-order valence-corrected chi connectivity index (χ3v) is 5.75. The topological polar surface area (TPSA) is 84.6 Å². The first kappa shape index (κ1) is 20.2. The van der Waals surface area contributed by atoms with Gasteiger partial charge in [-0.25, -0.2) is 4.39 Å². The molecule has 3 aromatic heterocycles. The summed E-state index contributed by atoms with van der Waals surface area (Å²) in [5, 5.41) is 5.07. The number of halogens is 2. The van der Waals surface area contributed by atoms with Crippen molar-refractivity contribution in [2.45, 2.75) is 19.1 Å². The van der Waals surface area contributed by atoms with E-state index in [-0.39, 0.29) is 11.4 Å². The predicted molar refractivity (Wildman–Crippen MR) is 120 cm³/mol. The van der Waals surface area contributed by atoms with Crippen molar-refractivity contribution in [1.29, 1.82) is 0 Å². The summed E-state index contributed by atoms with van der Waals surface area (Å²) in [4.78, 5) is 23.4. The van der Waals surface area contributed by atoms with Crippen molar-refractivity contribution < 1.29 is 9.13 Å². The van der Waals surface area contributed by atoms with E-state index in [2.05, 4.69) is 20.5 Å². The van der Waals surface area contributed by atoms with Gasteiger partial charge in [-0.15, -0.1) is 0 Å². The van der Waals surface area contributed by atoms with Gasteiger partial charge in [0.25, 0.3) is 5.56 Å².